The van der Waals surface area contributed by atoms with Crippen LogP contribution in [-0.2, 0) is 4.74 Å². The van der Waals surface area contributed by atoms with Crippen LogP contribution >= 0.6 is 12.6 Å². The van der Waals surface area contributed by atoms with E-state index in [0.717, 1.165) is 0 Å². The molecule has 0 aromatic rings. The van der Waals surface area contributed by atoms with E-state index in [1.165, 1.54) is 5.41 Å². The smallest absolute Gasteiger partial charge is 0.0865 e. The summed E-state index contributed by atoms with van der Waals surface area (Å²) in [5, 5.41) is 1.54. The molecule has 3 heteroatoms. The third-order valence-electron chi connectivity index (χ3n) is 0.639. The first kappa shape index (κ1) is 7.85. The van der Waals surface area contributed by atoms with E-state index in [1.54, 1.807) is 0 Å². The molecule has 0 radical (unpaired) electrons. The minimum atomic E-state index is 0.486. The molecule has 0 amide bonds. The van der Waals surface area contributed by atoms with E-state index in [-0.39, 0.29) is 0 Å². The molecule has 0 rings (SSSR count). The second-order valence-electron chi connectivity index (χ2n) is 1.34. The molecule has 0 aromatic heterocycles. The molecule has 0 aromatic carbocycles. The summed E-state index contributed by atoms with van der Waals surface area (Å²) in [6, 6.07) is 0. The average Bonchev–Trinajstić information content (AvgIpc) is 1.83. The summed E-state index contributed by atoms with van der Waals surface area (Å²) in [4.78, 5) is 0. The Morgan fingerprint density at radius 3 is 2.88 bits per heavy atom. The largest absolute Gasteiger partial charge is 0.400 e. The highest BCUT2D eigenvalue weighted by Gasteiger charge is 1.83. The van der Waals surface area contributed by atoms with Crippen LogP contribution in [0.1, 0.15) is 6.92 Å². The fraction of sp³-hybridized carbons (Fsp3) is 0.600. The van der Waals surface area contributed by atoms with Gasteiger partial charge in [-0.3, -0.25) is 0 Å². The molecule has 0 atom stereocenters. The van der Waals surface area contributed by atoms with Gasteiger partial charge in [-0.1, -0.05) is 0 Å². The maximum atomic E-state index is 5.32. The summed E-state index contributed by atoms with van der Waals surface area (Å²) in [7, 11) is 0. The van der Waals surface area contributed by atoms with Crippen molar-refractivity contribution in [2.45, 2.75) is 6.92 Å². The van der Waals surface area contributed by atoms with E-state index in [9.17, 15) is 0 Å². The lowest BCUT2D eigenvalue weighted by molar-refractivity contribution is 0.170. The third kappa shape index (κ3) is 4.02. The lowest BCUT2D eigenvalue weighted by atomic mass is 10.6. The Morgan fingerprint density at radius 2 is 2.50 bits per heavy atom. The molecule has 0 aliphatic carbocycles. The lowest BCUT2D eigenvalue weighted by Gasteiger charge is -1.97. The summed E-state index contributed by atoms with van der Waals surface area (Å²) in [5.74, 6) is 0. The Balaban J connectivity index is 3.12. The van der Waals surface area contributed by atoms with Crippen LogP contribution in [0.4, 0.5) is 0 Å². The summed E-state index contributed by atoms with van der Waals surface area (Å²) in [5.41, 5.74) is 5.98. The third-order valence-corrected chi connectivity index (χ3v) is 0.970. The van der Waals surface area contributed by atoms with Crippen LogP contribution in [0.15, 0.2) is 11.1 Å². The van der Waals surface area contributed by atoms with Gasteiger partial charge < -0.3 is 10.5 Å². The van der Waals surface area contributed by atoms with Gasteiger partial charge in [0.2, 0.25) is 0 Å². The van der Waals surface area contributed by atoms with E-state index < -0.39 is 0 Å². The minimum Gasteiger partial charge on any atom is -0.400 e. The topological polar surface area (TPSA) is 35.2 Å². The SMILES string of the molecule is CCOC/C(N)=C/S. The molecule has 8 heavy (non-hydrogen) atoms. The van der Waals surface area contributed by atoms with Crippen LogP contribution in [0.5, 0.6) is 0 Å². The van der Waals surface area contributed by atoms with Gasteiger partial charge in [0.1, 0.15) is 0 Å². The second-order valence-corrected chi connectivity index (χ2v) is 1.60. The van der Waals surface area contributed by atoms with E-state index in [1.807, 2.05) is 6.92 Å². The van der Waals surface area contributed by atoms with Crippen molar-refractivity contribution in [3.8, 4) is 0 Å². The first-order valence-electron chi connectivity index (χ1n) is 2.47. The number of rotatable bonds is 3. The average molecular weight is 133 g/mol. The molecule has 2 N–H and O–H groups in total. The van der Waals surface area contributed by atoms with Crippen LogP contribution in [0.25, 0.3) is 0 Å². The zero-order chi connectivity index (χ0) is 6.41. The van der Waals surface area contributed by atoms with Crippen molar-refractivity contribution in [1.29, 1.82) is 0 Å². The Morgan fingerprint density at radius 1 is 1.88 bits per heavy atom. The fourth-order valence-corrected chi connectivity index (χ4v) is 0.332. The molecule has 0 saturated heterocycles. The number of ether oxygens (including phenoxy) is 1. The highest BCUT2D eigenvalue weighted by Crippen LogP contribution is 1.86. The van der Waals surface area contributed by atoms with Crippen molar-refractivity contribution in [1.82, 2.24) is 0 Å². The first-order chi connectivity index (χ1) is 3.81. The van der Waals surface area contributed by atoms with E-state index in [2.05, 4.69) is 12.6 Å². The summed E-state index contributed by atoms with van der Waals surface area (Å²) < 4.78 is 4.94. The van der Waals surface area contributed by atoms with Crippen molar-refractivity contribution >= 4 is 12.6 Å². The molecule has 0 bridgehead atoms. The normalized spacial score (nSPS) is 12.0. The van der Waals surface area contributed by atoms with Crippen molar-refractivity contribution in [2.24, 2.45) is 5.73 Å². The molecule has 48 valence electrons. The summed E-state index contributed by atoms with van der Waals surface area (Å²) in [6.07, 6.45) is 0. The molecule has 0 aliphatic rings. The molecule has 0 heterocycles. The standard InChI is InChI=1S/C5H11NOS/c1-2-7-3-5(6)4-8/h4,8H,2-3,6H2,1H3/b5-4-. The van der Waals surface area contributed by atoms with Crippen LogP contribution in [0, 0.1) is 0 Å². The van der Waals surface area contributed by atoms with Gasteiger partial charge >= 0.3 is 0 Å². The van der Waals surface area contributed by atoms with Crippen LogP contribution in [0.2, 0.25) is 0 Å². The van der Waals surface area contributed by atoms with Crippen molar-refractivity contribution in [3.05, 3.63) is 11.1 Å². The molecular formula is C5H11NOS. The predicted octanol–water partition coefficient (Wildman–Crippen LogP) is 0.753. The Kier molecular flexibility index (Phi) is 4.90. The summed E-state index contributed by atoms with van der Waals surface area (Å²) in [6.45, 7) is 3.11. The monoisotopic (exact) mass is 133 g/mol. The van der Waals surface area contributed by atoms with E-state index in [0.29, 0.717) is 18.9 Å². The Bertz CT molecular complexity index is 82.5. The van der Waals surface area contributed by atoms with Crippen LogP contribution in [0.3, 0.4) is 0 Å². The van der Waals surface area contributed by atoms with Gasteiger partial charge in [0.15, 0.2) is 0 Å². The van der Waals surface area contributed by atoms with Gasteiger partial charge in [0.25, 0.3) is 0 Å². The molecule has 0 unspecified atom stereocenters. The quantitative estimate of drug-likeness (QED) is 0.557. The van der Waals surface area contributed by atoms with Gasteiger partial charge in [-0.25, -0.2) is 0 Å². The number of hydrogen-bond donors (Lipinski definition) is 2. The van der Waals surface area contributed by atoms with E-state index >= 15 is 0 Å². The summed E-state index contributed by atoms with van der Waals surface area (Å²) >= 11 is 3.82. The van der Waals surface area contributed by atoms with Crippen molar-refractivity contribution in [3.63, 3.8) is 0 Å². The van der Waals surface area contributed by atoms with Gasteiger partial charge in [-0.15, -0.1) is 12.6 Å². The minimum absolute atomic E-state index is 0.486. The zero-order valence-electron chi connectivity index (χ0n) is 4.92. The highest BCUT2D eigenvalue weighted by atomic mass is 32.1. The van der Waals surface area contributed by atoms with Crippen LogP contribution < -0.4 is 5.73 Å². The van der Waals surface area contributed by atoms with Crippen LogP contribution in [-0.4, -0.2) is 13.2 Å². The Labute approximate surface area is 55.1 Å². The van der Waals surface area contributed by atoms with Gasteiger partial charge in [0, 0.05) is 12.3 Å². The number of nitrogens with two attached hydrogens (primary N) is 1. The fourth-order valence-electron chi connectivity index (χ4n) is 0.257. The molecule has 0 fully saturated rings. The van der Waals surface area contributed by atoms with Crippen molar-refractivity contribution in [2.75, 3.05) is 13.2 Å². The van der Waals surface area contributed by atoms with E-state index in [4.69, 9.17) is 10.5 Å². The number of thiol groups is 1. The number of hydrogen-bond acceptors (Lipinski definition) is 3. The Hall–Kier alpha value is -0.150. The van der Waals surface area contributed by atoms with Gasteiger partial charge in [0.05, 0.1) is 6.61 Å². The second kappa shape index (κ2) is 5.00. The molecule has 2 nitrogen and oxygen atoms in total. The lowest BCUT2D eigenvalue weighted by Crippen LogP contribution is -2.05. The highest BCUT2D eigenvalue weighted by molar-refractivity contribution is 7.83. The zero-order valence-corrected chi connectivity index (χ0v) is 5.82. The predicted molar refractivity (Wildman–Crippen MR) is 37.7 cm³/mol. The molecular weight excluding hydrogens is 122 g/mol. The maximum Gasteiger partial charge on any atom is 0.0865 e. The van der Waals surface area contributed by atoms with Crippen molar-refractivity contribution < 1.29 is 4.74 Å². The van der Waals surface area contributed by atoms with Gasteiger partial charge in [-0.2, -0.15) is 0 Å². The molecule has 0 spiro atoms. The molecule has 0 aliphatic heterocycles. The first-order valence-corrected chi connectivity index (χ1v) is 2.99. The maximum absolute atomic E-state index is 5.32. The van der Waals surface area contributed by atoms with Gasteiger partial charge in [-0.05, 0) is 12.3 Å². The molecule has 0 saturated carbocycles.